The molecular weight excluding hydrogens is 170 g/mol. The van der Waals surface area contributed by atoms with Gasteiger partial charge < -0.3 is 5.32 Å². The fraction of sp³-hybridized carbons (Fsp3) is 0.385. The minimum atomic E-state index is 0.722. The first-order valence-corrected chi connectivity index (χ1v) is 5.21. The van der Waals surface area contributed by atoms with Crippen molar-refractivity contribution in [1.82, 2.24) is 5.32 Å². The summed E-state index contributed by atoms with van der Waals surface area (Å²) in [6.45, 7) is 6.47. The lowest BCUT2D eigenvalue weighted by molar-refractivity contribution is 0.577. The van der Waals surface area contributed by atoms with Crippen LogP contribution in [0.1, 0.15) is 19.4 Å². The average molecular weight is 189 g/mol. The van der Waals surface area contributed by atoms with Crippen LogP contribution >= 0.6 is 0 Å². The first kappa shape index (κ1) is 11.0. The summed E-state index contributed by atoms with van der Waals surface area (Å²) in [5.74, 6) is 0.722. The number of benzene rings is 1. The Kier molecular flexibility index (Phi) is 5.02. The topological polar surface area (TPSA) is 12.0 Å². The minimum Gasteiger partial charge on any atom is -0.313 e. The van der Waals surface area contributed by atoms with Crippen molar-refractivity contribution in [3.63, 3.8) is 0 Å². The molecule has 0 atom stereocenters. The maximum Gasteiger partial charge on any atom is 0.0138 e. The third kappa shape index (κ3) is 4.83. The van der Waals surface area contributed by atoms with E-state index < -0.39 is 0 Å². The van der Waals surface area contributed by atoms with E-state index in [1.54, 1.807) is 0 Å². The highest BCUT2D eigenvalue weighted by Crippen LogP contribution is 1.99. The van der Waals surface area contributed by atoms with Gasteiger partial charge in [0, 0.05) is 6.54 Å². The molecule has 76 valence electrons. The molecule has 0 fully saturated rings. The molecule has 0 spiro atoms. The fourth-order valence-corrected chi connectivity index (χ4v) is 1.21. The van der Waals surface area contributed by atoms with Crippen molar-refractivity contribution in [2.75, 3.05) is 13.1 Å². The quantitative estimate of drug-likeness (QED) is 0.702. The van der Waals surface area contributed by atoms with Crippen molar-refractivity contribution in [3.05, 3.63) is 42.0 Å². The summed E-state index contributed by atoms with van der Waals surface area (Å²) in [5, 5.41) is 3.37. The largest absolute Gasteiger partial charge is 0.313 e. The van der Waals surface area contributed by atoms with Gasteiger partial charge in [0.1, 0.15) is 0 Å². The normalized spacial score (nSPS) is 11.4. The van der Waals surface area contributed by atoms with Gasteiger partial charge in [-0.2, -0.15) is 0 Å². The molecule has 0 radical (unpaired) electrons. The minimum absolute atomic E-state index is 0.722. The highest BCUT2D eigenvalue weighted by molar-refractivity contribution is 5.48. The first-order chi connectivity index (χ1) is 6.79. The van der Waals surface area contributed by atoms with E-state index in [1.165, 1.54) is 5.56 Å². The summed E-state index contributed by atoms with van der Waals surface area (Å²) in [6, 6.07) is 10.4. The lowest BCUT2D eigenvalue weighted by Gasteiger charge is -2.03. The molecule has 0 unspecified atom stereocenters. The van der Waals surface area contributed by atoms with Crippen LogP contribution in [0, 0.1) is 5.92 Å². The van der Waals surface area contributed by atoms with Crippen LogP contribution in [-0.4, -0.2) is 13.1 Å². The lowest BCUT2D eigenvalue weighted by atomic mass is 10.2. The van der Waals surface area contributed by atoms with Gasteiger partial charge in [-0.15, -0.1) is 0 Å². The molecule has 0 aliphatic carbocycles. The van der Waals surface area contributed by atoms with E-state index in [4.69, 9.17) is 0 Å². The molecule has 1 rings (SSSR count). The maximum atomic E-state index is 3.37. The molecule has 0 bridgehead atoms. The molecule has 0 aromatic heterocycles. The van der Waals surface area contributed by atoms with E-state index in [0.717, 1.165) is 19.0 Å². The Morgan fingerprint density at radius 1 is 1.21 bits per heavy atom. The van der Waals surface area contributed by atoms with E-state index in [2.05, 4.69) is 55.6 Å². The standard InChI is InChI=1S/C13H19N/c1-12(2)11-14-10-6-9-13-7-4-3-5-8-13/h3-9,12,14H,10-11H2,1-2H3/b9-6+. The molecule has 1 heteroatoms. The fourth-order valence-electron chi connectivity index (χ4n) is 1.21. The smallest absolute Gasteiger partial charge is 0.0138 e. The predicted molar refractivity (Wildman–Crippen MR) is 63.2 cm³/mol. The molecule has 1 aromatic rings. The van der Waals surface area contributed by atoms with Crippen molar-refractivity contribution in [2.24, 2.45) is 5.92 Å². The third-order valence-electron chi connectivity index (χ3n) is 1.92. The lowest BCUT2D eigenvalue weighted by Crippen LogP contribution is -2.19. The van der Waals surface area contributed by atoms with E-state index in [-0.39, 0.29) is 0 Å². The zero-order chi connectivity index (χ0) is 10.2. The zero-order valence-electron chi connectivity index (χ0n) is 9.03. The molecule has 1 aromatic carbocycles. The van der Waals surface area contributed by atoms with Gasteiger partial charge in [-0.3, -0.25) is 0 Å². The second kappa shape index (κ2) is 6.39. The van der Waals surface area contributed by atoms with Crippen molar-refractivity contribution in [2.45, 2.75) is 13.8 Å². The van der Waals surface area contributed by atoms with Crippen molar-refractivity contribution in [1.29, 1.82) is 0 Å². The van der Waals surface area contributed by atoms with Crippen molar-refractivity contribution in [3.8, 4) is 0 Å². The van der Waals surface area contributed by atoms with Crippen molar-refractivity contribution >= 4 is 6.08 Å². The van der Waals surface area contributed by atoms with Crippen LogP contribution in [0.4, 0.5) is 0 Å². The highest BCUT2D eigenvalue weighted by Gasteiger charge is 1.89. The van der Waals surface area contributed by atoms with Gasteiger partial charge in [0.25, 0.3) is 0 Å². The molecule has 0 aliphatic heterocycles. The van der Waals surface area contributed by atoms with E-state index >= 15 is 0 Å². The summed E-state index contributed by atoms with van der Waals surface area (Å²) in [4.78, 5) is 0. The van der Waals surface area contributed by atoms with E-state index in [0.29, 0.717) is 0 Å². The Labute approximate surface area is 86.8 Å². The molecule has 1 N–H and O–H groups in total. The van der Waals surface area contributed by atoms with Crippen LogP contribution in [0.2, 0.25) is 0 Å². The highest BCUT2D eigenvalue weighted by atomic mass is 14.8. The molecule has 0 amide bonds. The summed E-state index contributed by atoms with van der Waals surface area (Å²) in [5.41, 5.74) is 1.26. The van der Waals surface area contributed by atoms with Crippen LogP contribution < -0.4 is 5.32 Å². The van der Waals surface area contributed by atoms with E-state index in [1.807, 2.05) is 6.07 Å². The SMILES string of the molecule is CC(C)CNC/C=C/c1ccccc1. The molecule has 0 heterocycles. The molecule has 14 heavy (non-hydrogen) atoms. The summed E-state index contributed by atoms with van der Waals surface area (Å²) < 4.78 is 0. The van der Waals surface area contributed by atoms with Crippen LogP contribution in [0.25, 0.3) is 6.08 Å². The Balaban J connectivity index is 2.21. The first-order valence-electron chi connectivity index (χ1n) is 5.21. The second-order valence-corrected chi connectivity index (χ2v) is 3.87. The van der Waals surface area contributed by atoms with Gasteiger partial charge >= 0.3 is 0 Å². The van der Waals surface area contributed by atoms with Gasteiger partial charge in [0.2, 0.25) is 0 Å². The number of rotatable bonds is 5. The second-order valence-electron chi connectivity index (χ2n) is 3.87. The van der Waals surface area contributed by atoms with Crippen LogP contribution in [0.5, 0.6) is 0 Å². The van der Waals surface area contributed by atoms with E-state index in [9.17, 15) is 0 Å². The summed E-state index contributed by atoms with van der Waals surface area (Å²) in [6.07, 6.45) is 4.31. The Morgan fingerprint density at radius 3 is 2.57 bits per heavy atom. The van der Waals surface area contributed by atoms with Gasteiger partial charge in [-0.25, -0.2) is 0 Å². The summed E-state index contributed by atoms with van der Waals surface area (Å²) in [7, 11) is 0. The average Bonchev–Trinajstić information content (AvgIpc) is 2.18. The molecule has 0 saturated heterocycles. The predicted octanol–water partition coefficient (Wildman–Crippen LogP) is 2.95. The molecule has 1 nitrogen and oxygen atoms in total. The molecule has 0 aliphatic rings. The van der Waals surface area contributed by atoms with Gasteiger partial charge in [-0.1, -0.05) is 56.3 Å². The monoisotopic (exact) mass is 189 g/mol. The number of hydrogen-bond acceptors (Lipinski definition) is 1. The Bertz CT molecular complexity index is 262. The Hall–Kier alpha value is -1.08. The summed E-state index contributed by atoms with van der Waals surface area (Å²) >= 11 is 0. The molecular formula is C13H19N. The van der Waals surface area contributed by atoms with Gasteiger partial charge in [-0.05, 0) is 18.0 Å². The maximum absolute atomic E-state index is 3.37. The van der Waals surface area contributed by atoms with Crippen LogP contribution in [0.15, 0.2) is 36.4 Å². The zero-order valence-corrected chi connectivity index (χ0v) is 9.03. The van der Waals surface area contributed by atoms with Crippen molar-refractivity contribution < 1.29 is 0 Å². The Morgan fingerprint density at radius 2 is 1.93 bits per heavy atom. The van der Waals surface area contributed by atoms with Crippen LogP contribution in [0.3, 0.4) is 0 Å². The van der Waals surface area contributed by atoms with Crippen LogP contribution in [-0.2, 0) is 0 Å². The number of nitrogens with one attached hydrogen (secondary N) is 1. The van der Waals surface area contributed by atoms with Gasteiger partial charge in [0.05, 0.1) is 0 Å². The van der Waals surface area contributed by atoms with Gasteiger partial charge in [0.15, 0.2) is 0 Å². The number of hydrogen-bond donors (Lipinski definition) is 1. The molecule has 0 saturated carbocycles. The third-order valence-corrected chi connectivity index (χ3v) is 1.92.